The molecule has 0 bridgehead atoms. The number of amides is 1. The summed E-state index contributed by atoms with van der Waals surface area (Å²) in [4.78, 5) is 24.8. The van der Waals surface area contributed by atoms with Crippen molar-refractivity contribution in [3.63, 3.8) is 0 Å². The molecule has 1 unspecified atom stereocenters. The van der Waals surface area contributed by atoms with Crippen LogP contribution in [0.4, 0.5) is 0 Å². The molecule has 0 saturated heterocycles. The maximum absolute atomic E-state index is 12.5. The largest absolute Gasteiger partial charge is 0.496 e. The van der Waals surface area contributed by atoms with Crippen LogP contribution in [0.1, 0.15) is 30.6 Å². The Morgan fingerprint density at radius 2 is 2.10 bits per heavy atom. The van der Waals surface area contributed by atoms with Crippen LogP contribution in [0.25, 0.3) is 0 Å². The fourth-order valence-electron chi connectivity index (χ4n) is 1.79. The van der Waals surface area contributed by atoms with E-state index < -0.39 is 5.97 Å². The molecule has 0 heterocycles. The summed E-state index contributed by atoms with van der Waals surface area (Å²) in [6.45, 7) is 3.41. The Bertz CT molecular complexity index is 504. The van der Waals surface area contributed by atoms with Crippen molar-refractivity contribution in [3.05, 3.63) is 28.2 Å². The zero-order chi connectivity index (χ0) is 15.3. The third-order valence-corrected chi connectivity index (χ3v) is 3.58. The van der Waals surface area contributed by atoms with Crippen LogP contribution in [0.15, 0.2) is 22.7 Å². The van der Waals surface area contributed by atoms with E-state index in [-0.39, 0.29) is 18.5 Å². The topological polar surface area (TPSA) is 66.8 Å². The lowest BCUT2D eigenvalue weighted by atomic mass is 10.1. The van der Waals surface area contributed by atoms with E-state index in [1.165, 1.54) is 12.0 Å². The number of rotatable bonds is 6. The molecule has 1 aromatic rings. The molecule has 1 rings (SSSR count). The van der Waals surface area contributed by atoms with Crippen molar-refractivity contribution in [2.75, 3.05) is 13.7 Å². The zero-order valence-corrected chi connectivity index (χ0v) is 13.3. The molecule has 0 aliphatic heterocycles. The first-order valence-electron chi connectivity index (χ1n) is 6.27. The van der Waals surface area contributed by atoms with E-state index >= 15 is 0 Å². The number of nitrogens with zero attached hydrogens (tertiary/aromatic N) is 1. The number of aliphatic carboxylic acids is 1. The molecule has 6 heteroatoms. The Morgan fingerprint density at radius 3 is 2.60 bits per heavy atom. The molecule has 0 aromatic heterocycles. The number of hydrogen-bond acceptors (Lipinski definition) is 3. The lowest BCUT2D eigenvalue weighted by Gasteiger charge is -2.27. The van der Waals surface area contributed by atoms with Gasteiger partial charge < -0.3 is 14.7 Å². The zero-order valence-electron chi connectivity index (χ0n) is 11.7. The number of carboxylic acid groups (broad SMARTS) is 1. The first kappa shape index (κ1) is 16.5. The number of carbonyl (C=O) groups is 2. The summed E-state index contributed by atoms with van der Waals surface area (Å²) in [7, 11) is 1.48. The number of hydrogen-bond donors (Lipinski definition) is 1. The molecule has 110 valence electrons. The minimum absolute atomic E-state index is 0.160. The molecule has 0 aliphatic rings. The van der Waals surface area contributed by atoms with E-state index in [1.54, 1.807) is 18.2 Å². The molecule has 0 aliphatic carbocycles. The van der Waals surface area contributed by atoms with Crippen LogP contribution in [-0.4, -0.2) is 41.6 Å². The van der Waals surface area contributed by atoms with E-state index in [9.17, 15) is 9.59 Å². The van der Waals surface area contributed by atoms with Crippen molar-refractivity contribution >= 4 is 27.8 Å². The lowest BCUT2D eigenvalue weighted by molar-refractivity contribution is -0.138. The summed E-state index contributed by atoms with van der Waals surface area (Å²) >= 11 is 3.31. The lowest BCUT2D eigenvalue weighted by Crippen LogP contribution is -2.41. The van der Waals surface area contributed by atoms with E-state index in [0.717, 1.165) is 4.47 Å². The highest BCUT2D eigenvalue weighted by Gasteiger charge is 2.25. The van der Waals surface area contributed by atoms with Crippen LogP contribution < -0.4 is 4.74 Å². The number of carbonyl (C=O) groups excluding carboxylic acids is 1. The van der Waals surface area contributed by atoms with Crippen LogP contribution in [0.2, 0.25) is 0 Å². The summed E-state index contributed by atoms with van der Waals surface area (Å²) in [6, 6.07) is 4.88. The number of methoxy groups -OCH3 is 1. The van der Waals surface area contributed by atoms with Gasteiger partial charge in [0.25, 0.3) is 5.91 Å². The Labute approximate surface area is 126 Å². The molecule has 1 amide bonds. The van der Waals surface area contributed by atoms with Crippen molar-refractivity contribution in [2.45, 2.75) is 26.3 Å². The molecule has 20 heavy (non-hydrogen) atoms. The SMILES string of the molecule is CCC(C)N(CC(=O)O)C(=O)c1ccc(Br)cc1OC. The maximum Gasteiger partial charge on any atom is 0.323 e. The van der Waals surface area contributed by atoms with Crippen molar-refractivity contribution in [3.8, 4) is 5.75 Å². The van der Waals surface area contributed by atoms with Gasteiger partial charge in [-0.25, -0.2) is 0 Å². The van der Waals surface area contributed by atoms with Crippen molar-refractivity contribution < 1.29 is 19.4 Å². The second-order valence-corrected chi connectivity index (χ2v) is 5.34. The first-order chi connectivity index (χ1) is 9.40. The molecular formula is C14H18BrNO4. The number of halogens is 1. The highest BCUT2D eigenvalue weighted by molar-refractivity contribution is 9.10. The van der Waals surface area contributed by atoms with Crippen LogP contribution >= 0.6 is 15.9 Å². The summed E-state index contributed by atoms with van der Waals surface area (Å²) in [5, 5.41) is 8.96. The molecule has 0 spiro atoms. The molecular weight excluding hydrogens is 326 g/mol. The van der Waals surface area contributed by atoms with Crippen molar-refractivity contribution in [1.29, 1.82) is 0 Å². The summed E-state index contributed by atoms with van der Waals surface area (Å²) < 4.78 is 5.98. The van der Waals surface area contributed by atoms with Gasteiger partial charge in [0.2, 0.25) is 0 Å². The summed E-state index contributed by atoms with van der Waals surface area (Å²) in [6.07, 6.45) is 0.678. The number of ether oxygens (including phenoxy) is 1. The normalized spacial score (nSPS) is 11.8. The van der Waals surface area contributed by atoms with E-state index in [2.05, 4.69) is 15.9 Å². The molecule has 0 radical (unpaired) electrons. The van der Waals surface area contributed by atoms with Crippen molar-refractivity contribution in [1.82, 2.24) is 4.90 Å². The second kappa shape index (κ2) is 7.28. The predicted octanol–water partition coefficient (Wildman–Crippen LogP) is 2.78. The van der Waals surface area contributed by atoms with Gasteiger partial charge in [-0.3, -0.25) is 9.59 Å². The minimum Gasteiger partial charge on any atom is -0.496 e. The molecule has 0 saturated carbocycles. The molecule has 0 fully saturated rings. The predicted molar refractivity (Wildman–Crippen MR) is 79.1 cm³/mol. The van der Waals surface area contributed by atoms with Gasteiger partial charge in [-0.05, 0) is 31.5 Å². The monoisotopic (exact) mass is 343 g/mol. The average molecular weight is 344 g/mol. The van der Waals surface area contributed by atoms with Crippen LogP contribution in [-0.2, 0) is 4.79 Å². The minimum atomic E-state index is -1.03. The van der Waals surface area contributed by atoms with E-state index in [0.29, 0.717) is 17.7 Å². The summed E-state index contributed by atoms with van der Waals surface area (Å²) in [5.74, 6) is -0.955. The standard InChI is InChI=1S/C14H18BrNO4/c1-4-9(2)16(8-13(17)18)14(19)11-6-5-10(15)7-12(11)20-3/h5-7,9H,4,8H2,1-3H3,(H,17,18). The number of benzene rings is 1. The Balaban J connectivity index is 3.14. The van der Waals surface area contributed by atoms with Gasteiger partial charge in [-0.1, -0.05) is 22.9 Å². The quantitative estimate of drug-likeness (QED) is 0.862. The third-order valence-electron chi connectivity index (χ3n) is 3.08. The van der Waals surface area contributed by atoms with Gasteiger partial charge in [0.15, 0.2) is 0 Å². The highest BCUT2D eigenvalue weighted by Crippen LogP contribution is 2.25. The number of carboxylic acids is 1. The molecule has 5 nitrogen and oxygen atoms in total. The van der Waals surface area contributed by atoms with Crippen molar-refractivity contribution in [2.24, 2.45) is 0 Å². The van der Waals surface area contributed by atoms with Gasteiger partial charge in [0, 0.05) is 10.5 Å². The average Bonchev–Trinajstić information content (AvgIpc) is 2.42. The Morgan fingerprint density at radius 1 is 1.45 bits per heavy atom. The molecule has 1 atom stereocenters. The fourth-order valence-corrected chi connectivity index (χ4v) is 2.13. The highest BCUT2D eigenvalue weighted by atomic mass is 79.9. The summed E-state index contributed by atoms with van der Waals surface area (Å²) in [5.41, 5.74) is 0.359. The maximum atomic E-state index is 12.5. The van der Waals surface area contributed by atoms with Crippen LogP contribution in [0, 0.1) is 0 Å². The molecule has 1 N–H and O–H groups in total. The van der Waals surface area contributed by atoms with Gasteiger partial charge >= 0.3 is 5.97 Å². The van der Waals surface area contributed by atoms with Crippen LogP contribution in [0.3, 0.4) is 0 Å². The smallest absolute Gasteiger partial charge is 0.323 e. The third kappa shape index (κ3) is 3.96. The Hall–Kier alpha value is -1.56. The Kier molecular flexibility index (Phi) is 6.01. The fraction of sp³-hybridized carbons (Fsp3) is 0.429. The van der Waals surface area contributed by atoms with E-state index in [4.69, 9.17) is 9.84 Å². The molecule has 1 aromatic carbocycles. The second-order valence-electron chi connectivity index (χ2n) is 4.43. The van der Waals surface area contributed by atoms with Gasteiger partial charge in [0.05, 0.1) is 12.7 Å². The first-order valence-corrected chi connectivity index (χ1v) is 7.06. The van der Waals surface area contributed by atoms with E-state index in [1.807, 2.05) is 13.8 Å². The van der Waals surface area contributed by atoms with Gasteiger partial charge in [0.1, 0.15) is 12.3 Å². The van der Waals surface area contributed by atoms with Gasteiger partial charge in [-0.2, -0.15) is 0 Å². The van der Waals surface area contributed by atoms with Gasteiger partial charge in [-0.15, -0.1) is 0 Å². The van der Waals surface area contributed by atoms with Crippen LogP contribution in [0.5, 0.6) is 5.75 Å².